The minimum Gasteiger partial charge on any atom is -0.493 e. The summed E-state index contributed by atoms with van der Waals surface area (Å²) in [6.07, 6.45) is 1.59. The van der Waals surface area contributed by atoms with E-state index in [1.54, 1.807) is 12.3 Å². The lowest BCUT2D eigenvalue weighted by Crippen LogP contribution is -2.12. The van der Waals surface area contributed by atoms with Gasteiger partial charge in [-0.15, -0.1) is 0 Å². The maximum absolute atomic E-state index is 13.7. The number of benzene rings is 2. The first-order valence-corrected chi connectivity index (χ1v) is 10.3. The Labute approximate surface area is 185 Å². The van der Waals surface area contributed by atoms with Gasteiger partial charge < -0.3 is 14.5 Å². The van der Waals surface area contributed by atoms with Crippen molar-refractivity contribution in [2.24, 2.45) is 0 Å². The Morgan fingerprint density at radius 2 is 1.78 bits per heavy atom. The fourth-order valence-corrected chi connectivity index (χ4v) is 3.68. The number of pyridine rings is 2. The topological polar surface area (TPSA) is 64.2 Å². The number of H-pyrrole nitrogens is 1. The van der Waals surface area contributed by atoms with E-state index in [0.29, 0.717) is 28.2 Å². The number of nitrogens with zero attached hydrogens (tertiary/aromatic N) is 1. The second-order valence-electron chi connectivity index (χ2n) is 8.76. The number of fused-ring (bicyclic) bond motifs is 1. The van der Waals surface area contributed by atoms with Gasteiger partial charge in [0.05, 0.1) is 18.3 Å². The van der Waals surface area contributed by atoms with Gasteiger partial charge in [-0.25, -0.2) is 4.39 Å². The highest BCUT2D eigenvalue weighted by Crippen LogP contribution is 2.41. The van der Waals surface area contributed by atoms with Crippen molar-refractivity contribution in [3.05, 3.63) is 81.9 Å². The molecular formula is C26H25FN2O3. The van der Waals surface area contributed by atoms with Crippen LogP contribution in [0.15, 0.2) is 59.5 Å². The lowest BCUT2D eigenvalue weighted by molar-refractivity contribution is 0.375. The number of ether oxygens (including phenoxy) is 2. The molecule has 0 saturated heterocycles. The summed E-state index contributed by atoms with van der Waals surface area (Å²) in [7, 11) is 1.47. The second kappa shape index (κ2) is 8.11. The van der Waals surface area contributed by atoms with Crippen molar-refractivity contribution >= 4 is 11.0 Å². The number of halogens is 1. The van der Waals surface area contributed by atoms with Crippen LogP contribution >= 0.6 is 0 Å². The Morgan fingerprint density at radius 3 is 2.50 bits per heavy atom. The summed E-state index contributed by atoms with van der Waals surface area (Å²) in [6.45, 7) is 8.33. The predicted molar refractivity (Wildman–Crippen MR) is 124 cm³/mol. The van der Waals surface area contributed by atoms with Gasteiger partial charge in [-0.3, -0.25) is 9.78 Å². The molecule has 0 aliphatic carbocycles. The van der Waals surface area contributed by atoms with Gasteiger partial charge in [0, 0.05) is 23.9 Å². The molecule has 2 heterocycles. The van der Waals surface area contributed by atoms with Crippen molar-refractivity contribution in [3.63, 3.8) is 0 Å². The maximum Gasteiger partial charge on any atom is 0.208 e. The second-order valence-corrected chi connectivity index (χ2v) is 8.76. The third-order valence-electron chi connectivity index (χ3n) is 5.37. The lowest BCUT2D eigenvalue weighted by Gasteiger charge is -2.23. The predicted octanol–water partition coefficient (Wildman–Crippen LogP) is 6.14. The molecule has 0 saturated carbocycles. The molecule has 4 rings (SSSR count). The van der Waals surface area contributed by atoms with E-state index in [9.17, 15) is 9.18 Å². The molecule has 0 aliphatic heterocycles. The monoisotopic (exact) mass is 432 g/mol. The zero-order valence-electron chi connectivity index (χ0n) is 18.7. The first-order chi connectivity index (χ1) is 15.2. The van der Waals surface area contributed by atoms with Gasteiger partial charge in [0.1, 0.15) is 17.1 Å². The standard InChI is InChI=1S/C26H25FN2O3/c1-15-11-16(26(2,3)4)12-23(32-21-9-8-17(27)13-22(21)31-5)24(15)19-14-20(30)25-18(29-19)7-6-10-28-25/h6-14H,1-5H3,(H,29,30). The highest BCUT2D eigenvalue weighted by molar-refractivity contribution is 5.81. The molecule has 2 aromatic carbocycles. The van der Waals surface area contributed by atoms with Gasteiger partial charge in [0.2, 0.25) is 5.43 Å². The summed E-state index contributed by atoms with van der Waals surface area (Å²) in [5.41, 5.74) is 4.07. The zero-order chi connectivity index (χ0) is 23.0. The maximum atomic E-state index is 13.7. The molecule has 0 spiro atoms. The number of hydrogen-bond acceptors (Lipinski definition) is 4. The molecule has 0 aliphatic rings. The zero-order valence-corrected chi connectivity index (χ0v) is 18.7. The third-order valence-corrected chi connectivity index (χ3v) is 5.37. The molecule has 2 aromatic heterocycles. The summed E-state index contributed by atoms with van der Waals surface area (Å²) in [6, 6.07) is 13.3. The van der Waals surface area contributed by atoms with E-state index in [1.165, 1.54) is 31.4 Å². The molecule has 5 nitrogen and oxygen atoms in total. The largest absolute Gasteiger partial charge is 0.493 e. The van der Waals surface area contributed by atoms with Crippen molar-refractivity contribution in [1.29, 1.82) is 0 Å². The average molecular weight is 432 g/mol. The Morgan fingerprint density at radius 1 is 1.00 bits per heavy atom. The molecule has 0 amide bonds. The van der Waals surface area contributed by atoms with Gasteiger partial charge in [0.15, 0.2) is 11.5 Å². The van der Waals surface area contributed by atoms with Crippen LogP contribution in [0.5, 0.6) is 17.2 Å². The molecule has 1 N–H and O–H groups in total. The number of aromatic nitrogens is 2. The Kier molecular flexibility index (Phi) is 5.46. The van der Waals surface area contributed by atoms with Gasteiger partial charge >= 0.3 is 0 Å². The molecule has 164 valence electrons. The van der Waals surface area contributed by atoms with Crippen LogP contribution in [0.4, 0.5) is 4.39 Å². The Bertz CT molecular complexity index is 1370. The van der Waals surface area contributed by atoms with Crippen LogP contribution in [0, 0.1) is 12.7 Å². The SMILES string of the molecule is COc1cc(F)ccc1Oc1cc(C(C)(C)C)cc(C)c1-c1cc(=O)c2ncccc2[nH]1. The lowest BCUT2D eigenvalue weighted by atomic mass is 9.84. The smallest absolute Gasteiger partial charge is 0.208 e. The molecule has 32 heavy (non-hydrogen) atoms. The van der Waals surface area contributed by atoms with Gasteiger partial charge in [-0.1, -0.05) is 26.8 Å². The van der Waals surface area contributed by atoms with Gasteiger partial charge in [-0.05, 0) is 53.8 Å². The molecule has 0 unspecified atom stereocenters. The number of methoxy groups -OCH3 is 1. The van der Waals surface area contributed by atoms with E-state index in [2.05, 4.69) is 36.8 Å². The van der Waals surface area contributed by atoms with E-state index < -0.39 is 5.82 Å². The fraction of sp³-hybridized carbons (Fsp3) is 0.231. The summed E-state index contributed by atoms with van der Waals surface area (Å²) < 4.78 is 25.3. The summed E-state index contributed by atoms with van der Waals surface area (Å²) in [5, 5.41) is 0. The van der Waals surface area contributed by atoms with Crippen LogP contribution < -0.4 is 14.9 Å². The number of aryl methyl sites for hydroxylation is 1. The van der Waals surface area contributed by atoms with Crippen LogP contribution in [0.3, 0.4) is 0 Å². The van der Waals surface area contributed by atoms with Crippen molar-refractivity contribution in [3.8, 4) is 28.5 Å². The van der Waals surface area contributed by atoms with Gasteiger partial charge in [0.25, 0.3) is 0 Å². The minimum atomic E-state index is -0.416. The van der Waals surface area contributed by atoms with E-state index in [-0.39, 0.29) is 16.6 Å². The molecule has 6 heteroatoms. The van der Waals surface area contributed by atoms with Crippen LogP contribution in [0.1, 0.15) is 31.9 Å². The van der Waals surface area contributed by atoms with Crippen LogP contribution in [-0.4, -0.2) is 17.1 Å². The van der Waals surface area contributed by atoms with E-state index in [0.717, 1.165) is 16.7 Å². The minimum absolute atomic E-state index is 0.130. The van der Waals surface area contributed by atoms with Gasteiger partial charge in [-0.2, -0.15) is 0 Å². The van der Waals surface area contributed by atoms with Crippen molar-refractivity contribution in [1.82, 2.24) is 9.97 Å². The van der Waals surface area contributed by atoms with Crippen molar-refractivity contribution in [2.75, 3.05) is 7.11 Å². The molecular weight excluding hydrogens is 407 g/mol. The highest BCUT2D eigenvalue weighted by Gasteiger charge is 2.21. The van der Waals surface area contributed by atoms with E-state index in [1.807, 2.05) is 19.1 Å². The summed E-state index contributed by atoms with van der Waals surface area (Å²) in [4.78, 5) is 20.2. The third kappa shape index (κ3) is 4.08. The molecule has 0 fully saturated rings. The van der Waals surface area contributed by atoms with Crippen LogP contribution in [0.25, 0.3) is 22.3 Å². The number of aromatic amines is 1. The van der Waals surface area contributed by atoms with Crippen LogP contribution in [0.2, 0.25) is 0 Å². The quantitative estimate of drug-likeness (QED) is 0.421. The van der Waals surface area contributed by atoms with Crippen molar-refractivity contribution < 1.29 is 13.9 Å². The Balaban J connectivity index is 1.96. The molecule has 0 radical (unpaired) electrons. The van der Waals surface area contributed by atoms with Crippen molar-refractivity contribution in [2.45, 2.75) is 33.1 Å². The first kappa shape index (κ1) is 21.6. The summed E-state index contributed by atoms with van der Waals surface area (Å²) >= 11 is 0. The number of nitrogens with one attached hydrogen (secondary N) is 1. The number of hydrogen-bond donors (Lipinski definition) is 1. The molecule has 4 aromatic rings. The fourth-order valence-electron chi connectivity index (χ4n) is 3.68. The average Bonchev–Trinajstić information content (AvgIpc) is 2.74. The normalized spacial score (nSPS) is 11.6. The van der Waals surface area contributed by atoms with Crippen LogP contribution in [-0.2, 0) is 5.41 Å². The van der Waals surface area contributed by atoms with E-state index >= 15 is 0 Å². The summed E-state index contributed by atoms with van der Waals surface area (Å²) in [5.74, 6) is 0.788. The molecule has 0 atom stereocenters. The Hall–Kier alpha value is -3.67. The molecule has 0 bridgehead atoms. The first-order valence-electron chi connectivity index (χ1n) is 10.3. The van der Waals surface area contributed by atoms with E-state index in [4.69, 9.17) is 9.47 Å². The number of rotatable bonds is 4. The highest BCUT2D eigenvalue weighted by atomic mass is 19.1.